The number of nitrogens with zero attached hydrogens (tertiary/aromatic N) is 4. The first-order valence-corrected chi connectivity index (χ1v) is 21.8. The quantitative estimate of drug-likeness (QED) is 0.149. The minimum atomic E-state index is -0.191. The van der Waals surface area contributed by atoms with Crippen molar-refractivity contribution in [2.24, 2.45) is 0 Å². The minimum absolute atomic E-state index is 0. The van der Waals surface area contributed by atoms with Gasteiger partial charge in [-0.05, 0) is 86.3 Å². The SMILES string of the molecule is CC(C)(C)c1ccnc(-n2c3[c-]c(Oc4[c-]c(N5[CH-]N(c6cccc(C(C)(C)c7ccccc7)c6)c6cc(C(C)(C)C)ccc65)ccc4)cc(C(C)(C)C)c3c3ccccc32)c1.[CH3-].[Pt+4]. The summed E-state index contributed by atoms with van der Waals surface area (Å²) in [5, 5.41) is 2.33. The van der Waals surface area contributed by atoms with E-state index in [1.807, 2.05) is 18.3 Å². The Balaban J connectivity index is 0.00000306. The van der Waals surface area contributed by atoms with E-state index in [9.17, 15) is 0 Å². The normalized spacial score (nSPS) is 13.2. The van der Waals surface area contributed by atoms with Gasteiger partial charge in [0.15, 0.2) is 0 Å². The Morgan fingerprint density at radius 1 is 0.547 bits per heavy atom. The van der Waals surface area contributed by atoms with Gasteiger partial charge >= 0.3 is 21.1 Å². The van der Waals surface area contributed by atoms with E-state index in [4.69, 9.17) is 9.72 Å². The smallest absolute Gasteiger partial charge is 0.509 e. The van der Waals surface area contributed by atoms with Gasteiger partial charge in [-0.25, -0.2) is 4.98 Å². The van der Waals surface area contributed by atoms with Crippen LogP contribution in [0.25, 0.3) is 27.6 Å². The molecule has 0 atom stereocenters. The van der Waals surface area contributed by atoms with E-state index in [2.05, 4.69) is 231 Å². The number of fused-ring (bicyclic) bond motifs is 4. The average molecular weight is 1020 g/mol. The van der Waals surface area contributed by atoms with E-state index >= 15 is 0 Å². The second kappa shape index (κ2) is 17.1. The topological polar surface area (TPSA) is 33.5 Å². The molecule has 9 rings (SSSR count). The van der Waals surface area contributed by atoms with Gasteiger partial charge in [-0.1, -0.05) is 154 Å². The Labute approximate surface area is 396 Å². The Morgan fingerprint density at radius 2 is 1.22 bits per heavy atom. The van der Waals surface area contributed by atoms with Crippen LogP contribution >= 0.6 is 0 Å². The van der Waals surface area contributed by atoms with Gasteiger partial charge < -0.3 is 26.5 Å². The third-order valence-electron chi connectivity index (χ3n) is 12.5. The standard InChI is InChI=1S/C57H57N4O.CH3.Pt/c1-54(2,3)39-27-28-49-50(32-39)60(42-22-17-21-41(31-42)57(10,11)38-19-13-12-14-20-38)37-59(49)43-23-18-24-44(34-43)62-45-35-47(56(7,8)9)53-46-25-15-16-26-48(46)61(51(53)36-45)52-33-40(29-30-58-52)55(4,5)6;;/h12-33,35,37H,1-11H3;1H3;/q-3;-1;+4. The summed E-state index contributed by atoms with van der Waals surface area (Å²) in [5.41, 5.74) is 12.0. The number of benzene rings is 6. The maximum absolute atomic E-state index is 6.85. The monoisotopic (exact) mass is 1020 g/mol. The fraction of sp³-hybridized carbons (Fsp3) is 0.259. The molecule has 0 N–H and O–H groups in total. The molecule has 2 aromatic heterocycles. The molecular formula is C58H60N4OPt. The van der Waals surface area contributed by atoms with Crippen molar-refractivity contribution in [3.8, 4) is 17.3 Å². The molecule has 0 aliphatic carbocycles. The largest absolute Gasteiger partial charge is 4.00 e. The van der Waals surface area contributed by atoms with Gasteiger partial charge in [0.25, 0.3) is 0 Å². The van der Waals surface area contributed by atoms with Crippen LogP contribution in [0.3, 0.4) is 0 Å². The summed E-state index contributed by atoms with van der Waals surface area (Å²) in [6.45, 7) is 27.1. The molecule has 0 amide bonds. The van der Waals surface area contributed by atoms with Crippen LogP contribution in [0, 0.1) is 26.2 Å². The molecule has 0 fully saturated rings. The van der Waals surface area contributed by atoms with Crippen LogP contribution < -0.4 is 14.5 Å². The first-order valence-electron chi connectivity index (χ1n) is 21.8. The van der Waals surface area contributed by atoms with Crippen molar-refractivity contribution in [1.29, 1.82) is 0 Å². The van der Waals surface area contributed by atoms with Crippen LogP contribution in [0.5, 0.6) is 11.5 Å². The van der Waals surface area contributed by atoms with Crippen molar-refractivity contribution in [2.75, 3.05) is 9.80 Å². The van der Waals surface area contributed by atoms with Gasteiger partial charge in [0.2, 0.25) is 0 Å². The molecule has 0 radical (unpaired) electrons. The van der Waals surface area contributed by atoms with E-state index in [1.165, 1.54) is 33.2 Å². The molecule has 0 saturated carbocycles. The number of hydrogen-bond donors (Lipinski definition) is 0. The van der Waals surface area contributed by atoms with Gasteiger partial charge in [0.1, 0.15) is 5.82 Å². The van der Waals surface area contributed by atoms with Crippen molar-refractivity contribution < 1.29 is 25.8 Å². The van der Waals surface area contributed by atoms with E-state index < -0.39 is 0 Å². The molecule has 1 aliphatic rings. The Morgan fingerprint density at radius 3 is 1.94 bits per heavy atom. The zero-order valence-corrected chi connectivity index (χ0v) is 41.6. The van der Waals surface area contributed by atoms with Gasteiger partial charge in [-0.15, -0.1) is 48.3 Å². The molecule has 0 spiro atoms. The van der Waals surface area contributed by atoms with Crippen LogP contribution in [0.15, 0.2) is 140 Å². The van der Waals surface area contributed by atoms with Crippen molar-refractivity contribution in [2.45, 2.75) is 97.8 Å². The second-order valence-electron chi connectivity index (χ2n) is 20.4. The summed E-state index contributed by atoms with van der Waals surface area (Å²) in [6, 6.07) is 55.1. The zero-order chi connectivity index (χ0) is 43.8. The molecule has 64 heavy (non-hydrogen) atoms. The molecule has 0 bridgehead atoms. The van der Waals surface area contributed by atoms with Crippen molar-refractivity contribution >= 4 is 44.6 Å². The maximum atomic E-state index is 6.85. The number of para-hydroxylation sites is 1. The number of pyridine rings is 1. The van der Waals surface area contributed by atoms with Crippen molar-refractivity contribution in [3.63, 3.8) is 0 Å². The first-order chi connectivity index (χ1) is 29.4. The van der Waals surface area contributed by atoms with Crippen molar-refractivity contribution in [1.82, 2.24) is 9.55 Å². The van der Waals surface area contributed by atoms with E-state index in [-0.39, 0.29) is 50.2 Å². The van der Waals surface area contributed by atoms with Crippen LogP contribution in [0.4, 0.5) is 22.7 Å². The van der Waals surface area contributed by atoms with Crippen LogP contribution in [-0.4, -0.2) is 9.55 Å². The average Bonchev–Trinajstić information content (AvgIpc) is 3.79. The molecule has 5 nitrogen and oxygen atoms in total. The molecule has 6 heteroatoms. The van der Waals surface area contributed by atoms with Crippen LogP contribution in [0.1, 0.15) is 104 Å². The van der Waals surface area contributed by atoms with Gasteiger partial charge in [0.05, 0.1) is 0 Å². The number of ether oxygens (including phenoxy) is 1. The van der Waals surface area contributed by atoms with Crippen LogP contribution in [0.2, 0.25) is 0 Å². The Bertz CT molecular complexity index is 2960. The molecule has 6 aromatic carbocycles. The first kappa shape index (κ1) is 46.4. The number of rotatable bonds is 7. The van der Waals surface area contributed by atoms with Gasteiger partial charge in [-0.3, -0.25) is 0 Å². The minimum Gasteiger partial charge on any atom is -0.509 e. The summed E-state index contributed by atoms with van der Waals surface area (Å²) in [4.78, 5) is 9.48. The predicted molar refractivity (Wildman–Crippen MR) is 265 cm³/mol. The summed E-state index contributed by atoms with van der Waals surface area (Å²) < 4.78 is 9.09. The zero-order valence-electron chi connectivity index (χ0n) is 39.4. The molecule has 0 unspecified atom stereocenters. The summed E-state index contributed by atoms with van der Waals surface area (Å²) in [7, 11) is 0. The van der Waals surface area contributed by atoms with Gasteiger partial charge in [-0.2, -0.15) is 6.07 Å². The maximum Gasteiger partial charge on any atom is 4.00 e. The van der Waals surface area contributed by atoms with E-state index in [0.717, 1.165) is 45.0 Å². The van der Waals surface area contributed by atoms with Crippen molar-refractivity contribution in [3.05, 3.63) is 194 Å². The summed E-state index contributed by atoms with van der Waals surface area (Å²) >= 11 is 0. The molecule has 0 saturated heterocycles. The fourth-order valence-corrected chi connectivity index (χ4v) is 8.72. The summed E-state index contributed by atoms with van der Waals surface area (Å²) in [6.07, 6.45) is 1.92. The number of hydrogen-bond acceptors (Lipinski definition) is 4. The Kier molecular flexibility index (Phi) is 12.4. The Hall–Kier alpha value is -5.64. The van der Waals surface area contributed by atoms with Gasteiger partial charge in [0, 0.05) is 45.7 Å². The van der Waals surface area contributed by atoms with Crippen LogP contribution in [-0.2, 0) is 42.7 Å². The molecule has 1 aliphatic heterocycles. The second-order valence-corrected chi connectivity index (χ2v) is 20.4. The summed E-state index contributed by atoms with van der Waals surface area (Å²) in [5.74, 6) is 2.11. The fourth-order valence-electron chi connectivity index (χ4n) is 8.72. The third-order valence-corrected chi connectivity index (χ3v) is 12.5. The van der Waals surface area contributed by atoms with E-state index in [0.29, 0.717) is 11.5 Å². The molecule has 328 valence electrons. The number of anilines is 4. The molecule has 8 aromatic rings. The predicted octanol–water partition coefficient (Wildman–Crippen LogP) is 15.6. The number of aromatic nitrogens is 2. The van der Waals surface area contributed by atoms with E-state index in [1.54, 1.807) is 0 Å². The molecule has 3 heterocycles. The third kappa shape index (κ3) is 8.52. The molecular weight excluding hydrogens is 964 g/mol.